The van der Waals surface area contributed by atoms with Crippen LogP contribution in [0.4, 0.5) is 0 Å². The fourth-order valence-corrected chi connectivity index (χ4v) is 3.83. The summed E-state index contributed by atoms with van der Waals surface area (Å²) in [4.78, 5) is 2.42. The van der Waals surface area contributed by atoms with Crippen LogP contribution in [-0.2, 0) is 18.6 Å². The van der Waals surface area contributed by atoms with Crippen LogP contribution in [0.1, 0.15) is 37.8 Å². The van der Waals surface area contributed by atoms with Crippen molar-refractivity contribution >= 4 is 0 Å². The van der Waals surface area contributed by atoms with E-state index in [2.05, 4.69) is 23.1 Å². The molecule has 1 N–H and O–H groups in total. The lowest BCUT2D eigenvalue weighted by Crippen LogP contribution is -2.46. The number of methoxy groups -OCH3 is 1. The van der Waals surface area contributed by atoms with E-state index in [1.165, 1.54) is 5.56 Å². The van der Waals surface area contributed by atoms with Gasteiger partial charge in [-0.2, -0.15) is 5.10 Å². The Morgan fingerprint density at radius 2 is 2.08 bits per heavy atom. The van der Waals surface area contributed by atoms with Gasteiger partial charge >= 0.3 is 0 Å². The summed E-state index contributed by atoms with van der Waals surface area (Å²) >= 11 is 0. The molecule has 0 spiro atoms. The fraction of sp³-hybridized carbons (Fsp3) is 0.550. The van der Waals surface area contributed by atoms with Crippen molar-refractivity contribution in [2.24, 2.45) is 0 Å². The monoisotopic (exact) mass is 343 g/mol. The summed E-state index contributed by atoms with van der Waals surface area (Å²) in [6.07, 6.45) is 7.19. The number of rotatable bonds is 7. The molecule has 1 aliphatic heterocycles. The first-order valence-electron chi connectivity index (χ1n) is 9.17. The van der Waals surface area contributed by atoms with E-state index < -0.39 is 5.60 Å². The average molecular weight is 343 g/mol. The van der Waals surface area contributed by atoms with Crippen LogP contribution in [0.2, 0.25) is 0 Å². The number of benzene rings is 1. The van der Waals surface area contributed by atoms with E-state index in [9.17, 15) is 5.11 Å². The molecule has 0 amide bonds. The molecule has 3 rings (SSSR count). The predicted molar refractivity (Wildman–Crippen MR) is 98.8 cm³/mol. The van der Waals surface area contributed by atoms with Crippen LogP contribution in [0, 0.1) is 0 Å². The van der Waals surface area contributed by atoms with Crippen molar-refractivity contribution in [3.05, 3.63) is 47.8 Å². The Morgan fingerprint density at radius 3 is 2.72 bits per heavy atom. The van der Waals surface area contributed by atoms with Crippen molar-refractivity contribution in [3.63, 3.8) is 0 Å². The molecular formula is C20H29N3O2. The molecule has 0 bridgehead atoms. The summed E-state index contributed by atoms with van der Waals surface area (Å²) in [7, 11) is 1.66. The van der Waals surface area contributed by atoms with Gasteiger partial charge in [0.05, 0.1) is 13.3 Å². The molecule has 136 valence electrons. The first-order chi connectivity index (χ1) is 12.0. The first-order valence-corrected chi connectivity index (χ1v) is 9.17. The highest BCUT2D eigenvalue weighted by Crippen LogP contribution is 2.35. The number of hydrogen-bond acceptors (Lipinski definition) is 4. The van der Waals surface area contributed by atoms with Gasteiger partial charge in [-0.15, -0.1) is 0 Å². The zero-order valence-electron chi connectivity index (χ0n) is 15.5. The molecule has 1 fully saturated rings. The average Bonchev–Trinajstić information content (AvgIpc) is 3.29. The van der Waals surface area contributed by atoms with Gasteiger partial charge in [0.2, 0.25) is 0 Å². The second kappa shape index (κ2) is 7.58. The standard InChI is InChI=1S/C20H29N3O2/c1-4-23-15-16(14-21-23)11-13-22-12-5-6-19(22)20(2,24)17-7-9-18(25-3)10-8-17/h7-10,14-15,19,24H,4-6,11-13H2,1-3H3/t19-,20+/m0/s1. The third-order valence-corrected chi connectivity index (χ3v) is 5.39. The number of aliphatic hydroxyl groups is 1. The molecule has 0 radical (unpaired) electrons. The second-order valence-electron chi connectivity index (χ2n) is 7.02. The Labute approximate surface area is 150 Å². The fourth-order valence-electron chi connectivity index (χ4n) is 3.83. The highest BCUT2D eigenvalue weighted by Gasteiger charge is 2.40. The molecule has 1 saturated heterocycles. The van der Waals surface area contributed by atoms with E-state index in [-0.39, 0.29) is 6.04 Å². The van der Waals surface area contributed by atoms with Gasteiger partial charge in [-0.3, -0.25) is 9.58 Å². The van der Waals surface area contributed by atoms with E-state index in [1.54, 1.807) is 7.11 Å². The van der Waals surface area contributed by atoms with Crippen LogP contribution in [0.15, 0.2) is 36.7 Å². The maximum atomic E-state index is 11.3. The summed E-state index contributed by atoms with van der Waals surface area (Å²) in [5.74, 6) is 0.816. The largest absolute Gasteiger partial charge is 0.497 e. The molecule has 5 heteroatoms. The van der Waals surface area contributed by atoms with Crippen LogP contribution >= 0.6 is 0 Å². The molecule has 0 saturated carbocycles. The molecule has 2 heterocycles. The molecule has 2 atom stereocenters. The maximum absolute atomic E-state index is 11.3. The van der Waals surface area contributed by atoms with Gasteiger partial charge in [-0.25, -0.2) is 0 Å². The summed E-state index contributed by atoms with van der Waals surface area (Å²) in [5, 5.41) is 15.6. The van der Waals surface area contributed by atoms with Gasteiger partial charge in [-0.05, 0) is 62.9 Å². The van der Waals surface area contributed by atoms with Crippen LogP contribution in [0.25, 0.3) is 0 Å². The molecule has 1 aromatic carbocycles. The zero-order chi connectivity index (χ0) is 17.9. The Kier molecular flexibility index (Phi) is 5.45. The quantitative estimate of drug-likeness (QED) is 0.840. The van der Waals surface area contributed by atoms with E-state index in [1.807, 2.05) is 42.1 Å². The number of aryl methyl sites for hydroxylation is 1. The predicted octanol–water partition coefficient (Wildman–Crippen LogP) is 2.83. The maximum Gasteiger partial charge on any atom is 0.118 e. The van der Waals surface area contributed by atoms with Crippen molar-refractivity contribution in [1.82, 2.24) is 14.7 Å². The summed E-state index contributed by atoms with van der Waals surface area (Å²) < 4.78 is 7.19. The molecule has 0 unspecified atom stereocenters. The minimum atomic E-state index is -0.865. The first kappa shape index (κ1) is 18.0. The van der Waals surface area contributed by atoms with Gasteiger partial charge in [0.15, 0.2) is 0 Å². The minimum absolute atomic E-state index is 0.141. The van der Waals surface area contributed by atoms with Crippen molar-refractivity contribution in [1.29, 1.82) is 0 Å². The van der Waals surface area contributed by atoms with Crippen LogP contribution < -0.4 is 4.74 Å². The second-order valence-corrected chi connectivity index (χ2v) is 7.02. The zero-order valence-corrected chi connectivity index (χ0v) is 15.5. The van der Waals surface area contributed by atoms with Crippen molar-refractivity contribution in [2.75, 3.05) is 20.2 Å². The summed E-state index contributed by atoms with van der Waals surface area (Å²) in [5.41, 5.74) is 1.34. The smallest absolute Gasteiger partial charge is 0.118 e. The highest BCUT2D eigenvalue weighted by molar-refractivity contribution is 5.31. The van der Waals surface area contributed by atoms with E-state index in [0.717, 1.165) is 50.2 Å². The van der Waals surface area contributed by atoms with Crippen molar-refractivity contribution in [2.45, 2.75) is 51.3 Å². The Bertz CT molecular complexity index is 679. The van der Waals surface area contributed by atoms with Crippen LogP contribution in [0.5, 0.6) is 5.75 Å². The van der Waals surface area contributed by atoms with Gasteiger partial charge in [-0.1, -0.05) is 12.1 Å². The molecule has 1 aliphatic rings. The van der Waals surface area contributed by atoms with E-state index >= 15 is 0 Å². The van der Waals surface area contributed by atoms with Crippen LogP contribution in [0.3, 0.4) is 0 Å². The van der Waals surface area contributed by atoms with Gasteiger partial charge < -0.3 is 9.84 Å². The number of likely N-dealkylation sites (tertiary alicyclic amines) is 1. The van der Waals surface area contributed by atoms with E-state index in [4.69, 9.17) is 4.74 Å². The Hall–Kier alpha value is -1.85. The normalized spacial score (nSPS) is 20.6. The number of aromatic nitrogens is 2. The summed E-state index contributed by atoms with van der Waals surface area (Å²) in [6.45, 7) is 6.93. The van der Waals surface area contributed by atoms with Crippen molar-refractivity contribution in [3.8, 4) is 5.75 Å². The summed E-state index contributed by atoms with van der Waals surface area (Å²) in [6, 6.07) is 7.92. The van der Waals surface area contributed by atoms with Gasteiger partial charge in [0, 0.05) is 25.3 Å². The van der Waals surface area contributed by atoms with Gasteiger partial charge in [0.25, 0.3) is 0 Å². The molecular weight excluding hydrogens is 314 g/mol. The van der Waals surface area contributed by atoms with Gasteiger partial charge in [0.1, 0.15) is 11.4 Å². The molecule has 1 aromatic heterocycles. The lowest BCUT2D eigenvalue weighted by molar-refractivity contribution is -0.0226. The minimum Gasteiger partial charge on any atom is -0.497 e. The molecule has 0 aliphatic carbocycles. The van der Waals surface area contributed by atoms with E-state index in [0.29, 0.717) is 0 Å². The Balaban J connectivity index is 1.68. The third kappa shape index (κ3) is 3.88. The number of ether oxygens (including phenoxy) is 1. The number of nitrogens with zero attached hydrogens (tertiary/aromatic N) is 3. The van der Waals surface area contributed by atoms with Crippen LogP contribution in [-0.4, -0.2) is 46.0 Å². The topological polar surface area (TPSA) is 50.5 Å². The van der Waals surface area contributed by atoms with Crippen molar-refractivity contribution < 1.29 is 9.84 Å². The molecule has 2 aromatic rings. The Morgan fingerprint density at radius 1 is 1.32 bits per heavy atom. The lowest BCUT2D eigenvalue weighted by atomic mass is 9.86. The SMILES string of the molecule is CCn1cc(CCN2CCC[C@H]2[C@](C)(O)c2ccc(OC)cc2)cn1. The number of hydrogen-bond donors (Lipinski definition) is 1. The molecule has 5 nitrogen and oxygen atoms in total. The third-order valence-electron chi connectivity index (χ3n) is 5.39. The molecule has 25 heavy (non-hydrogen) atoms. The highest BCUT2D eigenvalue weighted by atomic mass is 16.5. The lowest BCUT2D eigenvalue weighted by Gasteiger charge is -2.37.